The molecule has 0 saturated carbocycles. The van der Waals surface area contributed by atoms with Gasteiger partial charge in [-0.15, -0.1) is 0 Å². The quantitative estimate of drug-likeness (QED) is 0.489. The van der Waals surface area contributed by atoms with Crippen LogP contribution in [0.5, 0.6) is 5.75 Å². The van der Waals surface area contributed by atoms with Gasteiger partial charge in [-0.1, -0.05) is 30.8 Å². The van der Waals surface area contributed by atoms with Gasteiger partial charge >= 0.3 is 0 Å². The Labute approximate surface area is 205 Å². The molecule has 3 aromatic rings. The fourth-order valence-electron chi connectivity index (χ4n) is 4.14. The third-order valence-electron chi connectivity index (χ3n) is 6.22. The maximum absolute atomic E-state index is 12.8. The largest absolute Gasteiger partial charge is 0.495 e. The minimum Gasteiger partial charge on any atom is -0.495 e. The SMILES string of the molecule is C=CC(=O)Nc1c(OC)ccc2ccc(-c3cccc(C(=O)NCCN4CCN(C)CC4)n3)cc12. The number of rotatable bonds is 8. The molecule has 2 amide bonds. The number of methoxy groups -OCH3 is 1. The van der Waals surface area contributed by atoms with Crippen LogP contribution in [0.4, 0.5) is 5.69 Å². The number of piperazine rings is 1. The van der Waals surface area contributed by atoms with Crippen LogP contribution in [-0.4, -0.2) is 80.0 Å². The molecule has 0 spiro atoms. The highest BCUT2D eigenvalue weighted by Gasteiger charge is 2.15. The molecular weight excluding hydrogens is 442 g/mol. The fraction of sp³-hybridized carbons (Fsp3) is 0.296. The predicted octanol–water partition coefficient (Wildman–Crippen LogP) is 3.01. The predicted molar refractivity (Wildman–Crippen MR) is 139 cm³/mol. The van der Waals surface area contributed by atoms with E-state index in [1.54, 1.807) is 13.2 Å². The number of hydrogen-bond donors (Lipinski definition) is 2. The Kier molecular flexibility index (Phi) is 7.74. The molecule has 8 heteroatoms. The van der Waals surface area contributed by atoms with Crippen LogP contribution in [0.15, 0.2) is 61.2 Å². The van der Waals surface area contributed by atoms with Gasteiger partial charge in [0.25, 0.3) is 5.91 Å². The lowest BCUT2D eigenvalue weighted by Gasteiger charge is -2.32. The van der Waals surface area contributed by atoms with Crippen LogP contribution in [0, 0.1) is 0 Å². The van der Waals surface area contributed by atoms with Crippen LogP contribution < -0.4 is 15.4 Å². The van der Waals surface area contributed by atoms with E-state index in [4.69, 9.17) is 4.74 Å². The van der Waals surface area contributed by atoms with Gasteiger partial charge in [0.2, 0.25) is 5.91 Å². The van der Waals surface area contributed by atoms with Crippen LogP contribution in [-0.2, 0) is 4.79 Å². The first-order chi connectivity index (χ1) is 17.0. The van der Waals surface area contributed by atoms with E-state index in [1.807, 2.05) is 42.5 Å². The molecule has 1 fully saturated rings. The molecule has 0 unspecified atom stereocenters. The average Bonchev–Trinajstić information content (AvgIpc) is 2.89. The van der Waals surface area contributed by atoms with Crippen molar-refractivity contribution in [1.82, 2.24) is 20.1 Å². The number of pyridine rings is 1. The highest BCUT2D eigenvalue weighted by atomic mass is 16.5. The van der Waals surface area contributed by atoms with Crippen molar-refractivity contribution in [2.45, 2.75) is 0 Å². The van der Waals surface area contributed by atoms with E-state index in [0.29, 0.717) is 29.4 Å². The lowest BCUT2D eigenvalue weighted by Crippen LogP contribution is -2.46. The summed E-state index contributed by atoms with van der Waals surface area (Å²) in [4.78, 5) is 34.0. The summed E-state index contributed by atoms with van der Waals surface area (Å²) in [6.45, 7) is 9.06. The summed E-state index contributed by atoms with van der Waals surface area (Å²) in [5.41, 5.74) is 2.43. The third-order valence-corrected chi connectivity index (χ3v) is 6.22. The minimum absolute atomic E-state index is 0.192. The average molecular weight is 474 g/mol. The van der Waals surface area contributed by atoms with Gasteiger partial charge in [-0.05, 0) is 42.8 Å². The second-order valence-electron chi connectivity index (χ2n) is 8.58. The zero-order valence-corrected chi connectivity index (χ0v) is 20.2. The van der Waals surface area contributed by atoms with Crippen LogP contribution in [0.3, 0.4) is 0 Å². The number of aromatic nitrogens is 1. The Morgan fingerprint density at radius 2 is 1.89 bits per heavy atom. The summed E-state index contributed by atoms with van der Waals surface area (Å²) in [7, 11) is 3.68. The zero-order valence-electron chi connectivity index (χ0n) is 20.2. The van der Waals surface area contributed by atoms with Crippen LogP contribution >= 0.6 is 0 Å². The van der Waals surface area contributed by atoms with Crippen molar-refractivity contribution in [3.63, 3.8) is 0 Å². The molecule has 2 aromatic carbocycles. The number of ether oxygens (including phenoxy) is 1. The molecule has 182 valence electrons. The Bertz CT molecular complexity index is 1230. The first-order valence-electron chi connectivity index (χ1n) is 11.7. The molecule has 1 aliphatic heterocycles. The molecule has 2 N–H and O–H groups in total. The van der Waals surface area contributed by atoms with E-state index in [0.717, 1.165) is 49.1 Å². The second-order valence-corrected chi connectivity index (χ2v) is 8.58. The number of amides is 2. The van der Waals surface area contributed by atoms with Crippen molar-refractivity contribution in [2.75, 3.05) is 58.7 Å². The Balaban J connectivity index is 1.53. The maximum Gasteiger partial charge on any atom is 0.269 e. The molecule has 35 heavy (non-hydrogen) atoms. The lowest BCUT2D eigenvalue weighted by atomic mass is 10.0. The number of carbonyl (C=O) groups is 2. The summed E-state index contributed by atoms with van der Waals surface area (Å²) in [6, 6.07) is 15.0. The maximum atomic E-state index is 12.8. The molecule has 8 nitrogen and oxygen atoms in total. The van der Waals surface area contributed by atoms with Gasteiger partial charge in [0.1, 0.15) is 11.4 Å². The molecule has 4 rings (SSSR count). The summed E-state index contributed by atoms with van der Waals surface area (Å²) in [6.07, 6.45) is 1.22. The van der Waals surface area contributed by atoms with E-state index in [1.165, 1.54) is 6.08 Å². The lowest BCUT2D eigenvalue weighted by molar-refractivity contribution is -0.111. The van der Waals surface area contributed by atoms with E-state index >= 15 is 0 Å². The number of fused-ring (bicyclic) bond motifs is 1. The van der Waals surface area contributed by atoms with Crippen molar-refractivity contribution in [3.05, 3.63) is 66.9 Å². The standard InChI is InChI=1S/C27H31N5O3/c1-4-25(33)30-26-21-18-20(9-8-19(21)10-11-24(26)35-3)22-6-5-7-23(29-22)27(34)28-12-13-32-16-14-31(2)15-17-32/h4-11,18H,1,12-17H2,2-3H3,(H,28,34)(H,30,33). The fourth-order valence-corrected chi connectivity index (χ4v) is 4.14. The van der Waals surface area contributed by atoms with Gasteiger partial charge in [-0.25, -0.2) is 4.98 Å². The highest BCUT2D eigenvalue weighted by Crippen LogP contribution is 2.35. The van der Waals surface area contributed by atoms with Gasteiger partial charge in [-0.2, -0.15) is 0 Å². The number of benzene rings is 2. The van der Waals surface area contributed by atoms with E-state index in [9.17, 15) is 9.59 Å². The van der Waals surface area contributed by atoms with Gasteiger partial charge < -0.3 is 20.3 Å². The molecular formula is C27H31N5O3. The van der Waals surface area contributed by atoms with Crippen LogP contribution in [0.2, 0.25) is 0 Å². The minimum atomic E-state index is -0.324. The summed E-state index contributed by atoms with van der Waals surface area (Å²) < 4.78 is 5.46. The topological polar surface area (TPSA) is 86.8 Å². The smallest absolute Gasteiger partial charge is 0.269 e. The van der Waals surface area contributed by atoms with Crippen molar-refractivity contribution >= 4 is 28.3 Å². The Hall–Kier alpha value is -3.75. The molecule has 0 radical (unpaired) electrons. The van der Waals surface area contributed by atoms with Crippen LogP contribution in [0.1, 0.15) is 10.5 Å². The van der Waals surface area contributed by atoms with Crippen LogP contribution in [0.25, 0.3) is 22.0 Å². The Morgan fingerprint density at radius 3 is 2.63 bits per heavy atom. The number of nitrogens with one attached hydrogen (secondary N) is 2. The summed E-state index contributed by atoms with van der Waals surface area (Å²) >= 11 is 0. The molecule has 0 bridgehead atoms. The van der Waals surface area contributed by atoms with E-state index in [2.05, 4.69) is 39.0 Å². The number of likely N-dealkylation sites (N-methyl/N-ethyl adjacent to an activating group) is 1. The molecule has 1 aromatic heterocycles. The third kappa shape index (κ3) is 5.85. The van der Waals surface area contributed by atoms with Crippen molar-refractivity contribution in [3.8, 4) is 17.0 Å². The van der Waals surface area contributed by atoms with Crippen molar-refractivity contribution < 1.29 is 14.3 Å². The Morgan fingerprint density at radius 1 is 1.11 bits per heavy atom. The molecule has 1 aliphatic rings. The van der Waals surface area contributed by atoms with E-state index in [-0.39, 0.29) is 11.8 Å². The monoisotopic (exact) mass is 473 g/mol. The summed E-state index contributed by atoms with van der Waals surface area (Å²) in [5.74, 6) is 0.0308. The first kappa shape index (κ1) is 24.4. The van der Waals surface area contributed by atoms with E-state index < -0.39 is 0 Å². The van der Waals surface area contributed by atoms with Gasteiger partial charge in [0, 0.05) is 50.2 Å². The molecule has 2 heterocycles. The molecule has 0 atom stereocenters. The normalized spacial score (nSPS) is 14.5. The number of carbonyl (C=O) groups excluding carboxylic acids is 2. The van der Waals surface area contributed by atoms with Gasteiger partial charge in [-0.3, -0.25) is 14.5 Å². The van der Waals surface area contributed by atoms with Crippen molar-refractivity contribution in [2.24, 2.45) is 0 Å². The zero-order chi connectivity index (χ0) is 24.8. The number of hydrogen-bond acceptors (Lipinski definition) is 6. The second kappa shape index (κ2) is 11.1. The number of anilines is 1. The van der Waals surface area contributed by atoms with Crippen molar-refractivity contribution in [1.29, 1.82) is 0 Å². The first-order valence-corrected chi connectivity index (χ1v) is 11.7. The van der Waals surface area contributed by atoms with Gasteiger partial charge in [0.15, 0.2) is 0 Å². The molecule has 1 saturated heterocycles. The highest BCUT2D eigenvalue weighted by molar-refractivity contribution is 6.08. The molecule has 0 aliphatic carbocycles. The number of nitrogens with zero attached hydrogens (tertiary/aromatic N) is 3. The van der Waals surface area contributed by atoms with Gasteiger partial charge in [0.05, 0.1) is 18.5 Å². The summed E-state index contributed by atoms with van der Waals surface area (Å²) in [5, 5.41) is 7.57.